The van der Waals surface area contributed by atoms with Crippen molar-refractivity contribution in [2.45, 2.75) is 19.5 Å². The zero-order valence-electron chi connectivity index (χ0n) is 11.2. The highest BCUT2D eigenvalue weighted by molar-refractivity contribution is 5.71. The molecule has 1 fully saturated rings. The van der Waals surface area contributed by atoms with E-state index in [1.807, 2.05) is 0 Å². The van der Waals surface area contributed by atoms with Crippen molar-refractivity contribution in [1.82, 2.24) is 24.6 Å². The van der Waals surface area contributed by atoms with Crippen LogP contribution in [0.5, 0.6) is 0 Å². The predicted octanol–water partition coefficient (Wildman–Crippen LogP) is -1.04. The van der Waals surface area contributed by atoms with Gasteiger partial charge in [0.1, 0.15) is 11.9 Å². The summed E-state index contributed by atoms with van der Waals surface area (Å²) in [6, 6.07) is -0.909. The summed E-state index contributed by atoms with van der Waals surface area (Å²) >= 11 is 0. The van der Waals surface area contributed by atoms with Crippen LogP contribution in [-0.2, 0) is 11.3 Å². The van der Waals surface area contributed by atoms with Gasteiger partial charge in [0, 0.05) is 26.2 Å². The van der Waals surface area contributed by atoms with E-state index in [9.17, 15) is 9.59 Å². The van der Waals surface area contributed by atoms with Crippen LogP contribution in [0.3, 0.4) is 0 Å². The fourth-order valence-corrected chi connectivity index (χ4v) is 2.16. The fourth-order valence-electron chi connectivity index (χ4n) is 2.16. The second kappa shape index (κ2) is 5.54. The molecule has 0 aliphatic carbocycles. The highest BCUT2D eigenvalue weighted by atomic mass is 16.4. The lowest BCUT2D eigenvalue weighted by atomic mass is 10.3. The number of carboxylic acid groups (broad SMARTS) is 1. The number of H-pyrrole nitrogens is 1. The Balaban J connectivity index is 2.13. The number of hydrogen-bond acceptors (Lipinski definition) is 5. The van der Waals surface area contributed by atoms with Crippen LogP contribution in [0.15, 0.2) is 4.79 Å². The van der Waals surface area contributed by atoms with Gasteiger partial charge >= 0.3 is 11.7 Å². The minimum absolute atomic E-state index is 0.473. The third-order valence-electron chi connectivity index (χ3n) is 3.48. The number of nitrogens with one attached hydrogen (secondary N) is 1. The van der Waals surface area contributed by atoms with Crippen molar-refractivity contribution < 1.29 is 9.90 Å². The molecule has 1 unspecified atom stereocenters. The Hall–Kier alpha value is -1.67. The van der Waals surface area contributed by atoms with Gasteiger partial charge in [-0.25, -0.2) is 14.7 Å². The number of piperazine rings is 1. The van der Waals surface area contributed by atoms with E-state index >= 15 is 0 Å². The molecule has 8 nitrogen and oxygen atoms in total. The lowest BCUT2D eigenvalue weighted by Crippen LogP contribution is -2.44. The Morgan fingerprint density at radius 3 is 2.63 bits per heavy atom. The van der Waals surface area contributed by atoms with Crippen molar-refractivity contribution in [2.75, 3.05) is 33.2 Å². The molecule has 106 valence electrons. The van der Waals surface area contributed by atoms with Gasteiger partial charge in [0.15, 0.2) is 0 Å². The lowest BCUT2D eigenvalue weighted by molar-refractivity contribution is -0.140. The molecular weight excluding hydrogens is 250 g/mol. The maximum atomic E-state index is 11.6. The van der Waals surface area contributed by atoms with Crippen LogP contribution < -0.4 is 5.69 Å². The number of nitrogens with zero attached hydrogens (tertiary/aromatic N) is 4. The second-order valence-electron chi connectivity index (χ2n) is 4.91. The molecule has 1 aromatic rings. The van der Waals surface area contributed by atoms with Gasteiger partial charge in [-0.3, -0.25) is 9.47 Å². The number of rotatable bonds is 4. The Bertz CT molecular complexity index is 501. The summed E-state index contributed by atoms with van der Waals surface area (Å²) < 4.78 is 1.21. The van der Waals surface area contributed by atoms with E-state index in [4.69, 9.17) is 5.11 Å². The average molecular weight is 269 g/mol. The number of hydrogen-bond donors (Lipinski definition) is 2. The minimum atomic E-state index is -1.04. The lowest BCUT2D eigenvalue weighted by Gasteiger charge is -2.32. The SMILES string of the molecule is CC(C(=O)O)n1c(CN2CCN(C)CC2)n[nH]c1=O. The molecule has 0 amide bonds. The van der Waals surface area contributed by atoms with Crippen molar-refractivity contribution in [1.29, 1.82) is 0 Å². The molecule has 1 saturated heterocycles. The van der Waals surface area contributed by atoms with Crippen molar-refractivity contribution in [2.24, 2.45) is 0 Å². The average Bonchev–Trinajstić information content (AvgIpc) is 2.72. The highest BCUT2D eigenvalue weighted by Crippen LogP contribution is 2.09. The van der Waals surface area contributed by atoms with Gasteiger partial charge in [0.05, 0.1) is 6.54 Å². The second-order valence-corrected chi connectivity index (χ2v) is 4.91. The van der Waals surface area contributed by atoms with E-state index in [1.165, 1.54) is 11.5 Å². The van der Waals surface area contributed by atoms with Crippen molar-refractivity contribution in [3.8, 4) is 0 Å². The van der Waals surface area contributed by atoms with Crippen LogP contribution in [0.25, 0.3) is 0 Å². The normalized spacial score (nSPS) is 19.5. The first-order valence-corrected chi connectivity index (χ1v) is 6.28. The molecule has 1 atom stereocenters. The summed E-state index contributed by atoms with van der Waals surface area (Å²) in [7, 11) is 2.06. The maximum Gasteiger partial charge on any atom is 0.344 e. The molecule has 1 aromatic heterocycles. The molecule has 1 aliphatic rings. The standard InChI is InChI=1S/C11H19N5O3/c1-8(10(17)18)16-9(12-13-11(16)19)7-15-5-3-14(2)4-6-15/h8H,3-7H2,1-2H3,(H,13,19)(H,17,18). The summed E-state index contributed by atoms with van der Waals surface area (Å²) in [4.78, 5) is 27.0. The molecule has 2 rings (SSSR count). The Morgan fingerprint density at radius 2 is 2.05 bits per heavy atom. The molecule has 2 heterocycles. The van der Waals surface area contributed by atoms with Crippen molar-refractivity contribution in [3.05, 3.63) is 16.3 Å². The largest absolute Gasteiger partial charge is 0.480 e. The minimum Gasteiger partial charge on any atom is -0.480 e. The summed E-state index contributed by atoms with van der Waals surface area (Å²) in [5, 5.41) is 15.3. The molecule has 0 radical (unpaired) electrons. The number of aromatic nitrogens is 3. The topological polar surface area (TPSA) is 94.5 Å². The molecule has 0 bridgehead atoms. The van der Waals surface area contributed by atoms with E-state index in [1.54, 1.807) is 0 Å². The van der Waals surface area contributed by atoms with E-state index in [0.29, 0.717) is 12.4 Å². The number of aromatic amines is 1. The fraction of sp³-hybridized carbons (Fsp3) is 0.727. The Kier molecular flexibility index (Phi) is 4.01. The molecule has 2 N–H and O–H groups in total. The van der Waals surface area contributed by atoms with Crippen LogP contribution in [0.2, 0.25) is 0 Å². The Morgan fingerprint density at radius 1 is 1.42 bits per heavy atom. The highest BCUT2D eigenvalue weighted by Gasteiger charge is 2.23. The van der Waals surface area contributed by atoms with Crippen molar-refractivity contribution >= 4 is 5.97 Å². The monoisotopic (exact) mass is 269 g/mol. The Labute approximate surface area is 110 Å². The van der Waals surface area contributed by atoms with Gasteiger partial charge in [0.2, 0.25) is 0 Å². The number of likely N-dealkylation sites (N-methyl/N-ethyl adjacent to an activating group) is 1. The summed E-state index contributed by atoms with van der Waals surface area (Å²) in [6.45, 7) is 5.67. The van der Waals surface area contributed by atoms with Gasteiger partial charge < -0.3 is 10.0 Å². The zero-order valence-corrected chi connectivity index (χ0v) is 11.2. The maximum absolute atomic E-state index is 11.6. The first-order chi connectivity index (χ1) is 8.99. The third-order valence-corrected chi connectivity index (χ3v) is 3.48. The first-order valence-electron chi connectivity index (χ1n) is 6.28. The van der Waals surface area contributed by atoms with Gasteiger partial charge in [-0.05, 0) is 14.0 Å². The predicted molar refractivity (Wildman–Crippen MR) is 68.0 cm³/mol. The van der Waals surface area contributed by atoms with Gasteiger partial charge in [0.25, 0.3) is 0 Å². The van der Waals surface area contributed by atoms with Crippen LogP contribution >= 0.6 is 0 Å². The molecular formula is C11H19N5O3. The molecule has 0 saturated carbocycles. The van der Waals surface area contributed by atoms with Crippen LogP contribution in [0.4, 0.5) is 0 Å². The van der Waals surface area contributed by atoms with Crippen molar-refractivity contribution in [3.63, 3.8) is 0 Å². The van der Waals surface area contributed by atoms with Crippen LogP contribution in [-0.4, -0.2) is 68.9 Å². The number of carbonyl (C=O) groups is 1. The molecule has 0 aromatic carbocycles. The van der Waals surface area contributed by atoms with Gasteiger partial charge in [-0.2, -0.15) is 5.10 Å². The van der Waals surface area contributed by atoms with Gasteiger partial charge in [-0.1, -0.05) is 0 Å². The summed E-state index contributed by atoms with van der Waals surface area (Å²) in [5.74, 6) is -0.562. The number of aliphatic carboxylic acids is 1. The quantitative estimate of drug-likeness (QED) is 0.725. The zero-order chi connectivity index (χ0) is 14.0. The molecule has 0 spiro atoms. The molecule has 8 heteroatoms. The first kappa shape index (κ1) is 13.8. The van der Waals surface area contributed by atoms with E-state index in [-0.39, 0.29) is 0 Å². The summed E-state index contributed by atoms with van der Waals surface area (Å²) in [5.41, 5.74) is -0.473. The van der Waals surface area contributed by atoms with Gasteiger partial charge in [-0.15, -0.1) is 0 Å². The molecule has 19 heavy (non-hydrogen) atoms. The van der Waals surface area contributed by atoms with E-state index in [2.05, 4.69) is 27.0 Å². The van der Waals surface area contributed by atoms with E-state index < -0.39 is 17.7 Å². The third kappa shape index (κ3) is 3.02. The van der Waals surface area contributed by atoms with Crippen LogP contribution in [0, 0.1) is 0 Å². The number of carboxylic acids is 1. The summed E-state index contributed by atoms with van der Waals surface area (Å²) in [6.07, 6.45) is 0. The van der Waals surface area contributed by atoms with Crippen LogP contribution in [0.1, 0.15) is 18.8 Å². The molecule has 1 aliphatic heterocycles. The smallest absolute Gasteiger partial charge is 0.344 e. The van der Waals surface area contributed by atoms with E-state index in [0.717, 1.165) is 26.2 Å².